The van der Waals surface area contributed by atoms with Gasteiger partial charge in [0.15, 0.2) is 0 Å². The molecule has 5 nitrogen and oxygen atoms in total. The zero-order chi connectivity index (χ0) is 14.3. The second-order valence-corrected chi connectivity index (χ2v) is 5.77. The molecule has 1 aromatic rings. The molecule has 1 unspecified atom stereocenters. The molecule has 1 heterocycles. The van der Waals surface area contributed by atoms with Crippen molar-refractivity contribution in [3.05, 3.63) is 29.8 Å². The van der Waals surface area contributed by atoms with Crippen molar-refractivity contribution in [2.24, 2.45) is 0 Å². The molecule has 0 aromatic heterocycles. The van der Waals surface area contributed by atoms with E-state index in [9.17, 15) is 9.59 Å². The molecule has 1 atom stereocenters. The maximum atomic E-state index is 11.8. The molecule has 2 rings (SSSR count). The average molecular weight is 262 g/mol. The van der Waals surface area contributed by atoms with Gasteiger partial charge in [-0.2, -0.15) is 0 Å². The summed E-state index contributed by atoms with van der Waals surface area (Å²) in [4.78, 5) is 23.0. The van der Waals surface area contributed by atoms with Crippen LogP contribution in [0.3, 0.4) is 0 Å². The minimum Gasteiger partial charge on any atom is -0.488 e. The Morgan fingerprint density at radius 1 is 1.11 bits per heavy atom. The highest BCUT2D eigenvalue weighted by molar-refractivity contribution is 6.07. The Kier molecular flexibility index (Phi) is 3.00. The molecule has 0 spiro atoms. The van der Waals surface area contributed by atoms with E-state index in [-0.39, 0.29) is 11.5 Å². The van der Waals surface area contributed by atoms with Crippen molar-refractivity contribution < 1.29 is 14.3 Å². The van der Waals surface area contributed by atoms with Crippen molar-refractivity contribution in [1.82, 2.24) is 10.6 Å². The van der Waals surface area contributed by atoms with E-state index in [0.717, 1.165) is 11.3 Å². The summed E-state index contributed by atoms with van der Waals surface area (Å²) in [6.45, 7) is 7.57. The van der Waals surface area contributed by atoms with Gasteiger partial charge in [-0.3, -0.25) is 10.1 Å². The fraction of sp³-hybridized carbons (Fsp3) is 0.429. The third kappa shape index (κ3) is 2.70. The highest BCUT2D eigenvalue weighted by Gasteiger charge is 2.43. The number of ether oxygens (including phenoxy) is 1. The van der Waals surface area contributed by atoms with Crippen LogP contribution in [0.2, 0.25) is 0 Å². The summed E-state index contributed by atoms with van der Waals surface area (Å²) in [5, 5.41) is 4.86. The maximum Gasteiger partial charge on any atom is 0.322 e. The summed E-state index contributed by atoms with van der Waals surface area (Å²) in [7, 11) is 0. The lowest BCUT2D eigenvalue weighted by atomic mass is 9.92. The quantitative estimate of drug-likeness (QED) is 0.800. The number of amides is 3. The fourth-order valence-corrected chi connectivity index (χ4v) is 1.96. The monoisotopic (exact) mass is 262 g/mol. The number of hydrogen-bond acceptors (Lipinski definition) is 3. The molecule has 1 aromatic carbocycles. The van der Waals surface area contributed by atoms with Crippen LogP contribution in [0, 0.1) is 0 Å². The van der Waals surface area contributed by atoms with Crippen LogP contribution >= 0.6 is 0 Å². The van der Waals surface area contributed by atoms with Gasteiger partial charge in [-0.1, -0.05) is 12.1 Å². The highest BCUT2D eigenvalue weighted by atomic mass is 16.5. The van der Waals surface area contributed by atoms with Crippen molar-refractivity contribution in [2.45, 2.75) is 38.8 Å². The van der Waals surface area contributed by atoms with Crippen LogP contribution in [0.4, 0.5) is 4.79 Å². The lowest BCUT2D eigenvalue weighted by Gasteiger charge is -2.24. The molecule has 0 bridgehead atoms. The number of nitrogens with one attached hydrogen (secondary N) is 2. The largest absolute Gasteiger partial charge is 0.488 e. The highest BCUT2D eigenvalue weighted by Crippen LogP contribution is 2.27. The van der Waals surface area contributed by atoms with Gasteiger partial charge in [-0.15, -0.1) is 0 Å². The van der Waals surface area contributed by atoms with Crippen LogP contribution in [0.1, 0.15) is 33.3 Å². The van der Waals surface area contributed by atoms with Gasteiger partial charge >= 0.3 is 6.03 Å². The van der Waals surface area contributed by atoms with Gasteiger partial charge in [0.1, 0.15) is 16.9 Å². The topological polar surface area (TPSA) is 67.4 Å². The lowest BCUT2D eigenvalue weighted by molar-refractivity contribution is -0.123. The van der Waals surface area contributed by atoms with Gasteiger partial charge in [0.05, 0.1) is 0 Å². The Balaban J connectivity index is 2.24. The van der Waals surface area contributed by atoms with E-state index in [0.29, 0.717) is 0 Å². The SMILES string of the molecule is CC(C)(C)Oc1ccc(C2(C)NC(=O)NC2=O)cc1. The third-order valence-electron chi connectivity index (χ3n) is 2.90. The number of urea groups is 1. The smallest absolute Gasteiger partial charge is 0.322 e. The van der Waals surface area contributed by atoms with Crippen LogP contribution < -0.4 is 15.4 Å². The summed E-state index contributed by atoms with van der Waals surface area (Å²) in [5.41, 5.74) is -0.570. The van der Waals surface area contributed by atoms with Crippen molar-refractivity contribution >= 4 is 11.9 Å². The number of hydrogen-bond donors (Lipinski definition) is 2. The number of carbonyl (C=O) groups excluding carboxylic acids is 2. The van der Waals surface area contributed by atoms with Gasteiger partial charge in [0, 0.05) is 0 Å². The standard InChI is InChI=1S/C14H18N2O3/c1-13(2,3)19-10-7-5-9(6-8-10)14(4)11(17)15-12(18)16-14/h5-8H,1-4H3,(H2,15,16,17,18). The lowest BCUT2D eigenvalue weighted by Crippen LogP contribution is -2.40. The van der Waals surface area contributed by atoms with E-state index in [2.05, 4.69) is 10.6 Å². The molecule has 1 aliphatic heterocycles. The molecule has 0 radical (unpaired) electrons. The predicted molar refractivity (Wildman–Crippen MR) is 70.8 cm³/mol. The van der Waals surface area contributed by atoms with Gasteiger partial charge in [-0.05, 0) is 45.4 Å². The Labute approximate surface area is 112 Å². The minimum atomic E-state index is -1.02. The zero-order valence-electron chi connectivity index (χ0n) is 11.5. The summed E-state index contributed by atoms with van der Waals surface area (Å²) < 4.78 is 5.71. The first-order valence-electron chi connectivity index (χ1n) is 6.14. The molecule has 2 N–H and O–H groups in total. The summed E-state index contributed by atoms with van der Waals surface area (Å²) in [6, 6.07) is 6.69. The number of imide groups is 1. The van der Waals surface area contributed by atoms with Crippen LogP contribution in [0.25, 0.3) is 0 Å². The van der Waals surface area contributed by atoms with E-state index >= 15 is 0 Å². The molecular formula is C14H18N2O3. The number of rotatable bonds is 2. The molecule has 19 heavy (non-hydrogen) atoms. The van der Waals surface area contributed by atoms with Crippen molar-refractivity contribution in [1.29, 1.82) is 0 Å². The summed E-state index contributed by atoms with van der Waals surface area (Å²) in [5.74, 6) is 0.381. The molecule has 0 saturated carbocycles. The Bertz CT molecular complexity index is 516. The van der Waals surface area contributed by atoms with Crippen LogP contribution in [0.5, 0.6) is 5.75 Å². The van der Waals surface area contributed by atoms with Crippen molar-refractivity contribution in [3.8, 4) is 5.75 Å². The first-order chi connectivity index (χ1) is 8.71. The first-order valence-corrected chi connectivity index (χ1v) is 6.14. The second-order valence-electron chi connectivity index (χ2n) is 5.77. The predicted octanol–water partition coefficient (Wildman–Crippen LogP) is 1.92. The molecule has 5 heteroatoms. The van der Waals surface area contributed by atoms with E-state index in [1.165, 1.54) is 0 Å². The van der Waals surface area contributed by atoms with E-state index in [1.54, 1.807) is 31.2 Å². The van der Waals surface area contributed by atoms with Gasteiger partial charge in [0.25, 0.3) is 5.91 Å². The second kappa shape index (κ2) is 4.26. The molecule has 0 aliphatic carbocycles. The van der Waals surface area contributed by atoms with E-state index in [4.69, 9.17) is 4.74 Å². The summed E-state index contributed by atoms with van der Waals surface area (Å²) in [6.07, 6.45) is 0. The van der Waals surface area contributed by atoms with E-state index < -0.39 is 11.6 Å². The molecular weight excluding hydrogens is 244 g/mol. The van der Waals surface area contributed by atoms with Gasteiger partial charge in [-0.25, -0.2) is 4.79 Å². The van der Waals surface area contributed by atoms with Crippen LogP contribution in [-0.2, 0) is 10.3 Å². The average Bonchev–Trinajstić information content (AvgIpc) is 2.52. The Hall–Kier alpha value is -2.04. The van der Waals surface area contributed by atoms with Crippen LogP contribution in [-0.4, -0.2) is 17.5 Å². The Morgan fingerprint density at radius 2 is 1.68 bits per heavy atom. The zero-order valence-corrected chi connectivity index (χ0v) is 11.5. The van der Waals surface area contributed by atoms with Gasteiger partial charge < -0.3 is 10.1 Å². The molecule has 1 fully saturated rings. The molecule has 102 valence electrons. The third-order valence-corrected chi connectivity index (χ3v) is 2.90. The number of carbonyl (C=O) groups is 2. The first kappa shape index (κ1) is 13.4. The fourth-order valence-electron chi connectivity index (χ4n) is 1.96. The van der Waals surface area contributed by atoms with Crippen molar-refractivity contribution in [2.75, 3.05) is 0 Å². The van der Waals surface area contributed by atoms with Crippen LogP contribution in [0.15, 0.2) is 24.3 Å². The van der Waals surface area contributed by atoms with E-state index in [1.807, 2.05) is 20.8 Å². The normalized spacial score (nSPS) is 22.9. The van der Waals surface area contributed by atoms with Gasteiger partial charge in [0.2, 0.25) is 0 Å². The molecule has 1 aliphatic rings. The van der Waals surface area contributed by atoms with Crippen molar-refractivity contribution in [3.63, 3.8) is 0 Å². The minimum absolute atomic E-state index is 0.273. The Morgan fingerprint density at radius 3 is 2.11 bits per heavy atom. The molecule has 3 amide bonds. The molecule has 1 saturated heterocycles. The maximum absolute atomic E-state index is 11.8. The number of benzene rings is 1. The summed E-state index contributed by atoms with van der Waals surface area (Å²) >= 11 is 0.